The lowest BCUT2D eigenvalue weighted by Gasteiger charge is -2.34. The third kappa shape index (κ3) is 6.01. The molecule has 0 amide bonds. The van der Waals surface area contributed by atoms with E-state index in [-0.39, 0.29) is 12.0 Å². The van der Waals surface area contributed by atoms with E-state index in [1.165, 1.54) is 54.9 Å². The van der Waals surface area contributed by atoms with Crippen molar-refractivity contribution >= 4 is 50.3 Å². The molecular formula is C52H50N4. The van der Waals surface area contributed by atoms with Gasteiger partial charge < -0.3 is 4.90 Å². The van der Waals surface area contributed by atoms with Crippen molar-refractivity contribution in [1.82, 2.24) is 14.5 Å². The smallest absolute Gasteiger partial charge is 0.235 e. The van der Waals surface area contributed by atoms with Gasteiger partial charge in [0.15, 0.2) is 0 Å². The molecule has 1 aliphatic heterocycles. The van der Waals surface area contributed by atoms with E-state index in [0.29, 0.717) is 18.4 Å². The van der Waals surface area contributed by atoms with Crippen LogP contribution in [0.1, 0.15) is 66.4 Å². The van der Waals surface area contributed by atoms with Crippen molar-refractivity contribution in [1.29, 1.82) is 0 Å². The van der Waals surface area contributed by atoms with Gasteiger partial charge in [0.05, 0.1) is 28.6 Å². The lowest BCUT2D eigenvalue weighted by Crippen LogP contribution is -2.39. The predicted molar refractivity (Wildman–Crippen MR) is 242 cm³/mol. The Morgan fingerprint density at radius 3 is 2.25 bits per heavy atom. The molecule has 278 valence electrons. The summed E-state index contributed by atoms with van der Waals surface area (Å²) in [6.45, 7) is 22.9. The molecule has 0 fully saturated rings. The van der Waals surface area contributed by atoms with E-state index in [2.05, 4.69) is 154 Å². The Morgan fingerprint density at radius 2 is 1.54 bits per heavy atom. The molecule has 56 heavy (non-hydrogen) atoms. The third-order valence-electron chi connectivity index (χ3n) is 11.6. The number of hydrogen-bond donors (Lipinski definition) is 0. The van der Waals surface area contributed by atoms with Gasteiger partial charge in [-0.15, -0.1) is 6.58 Å². The molecular weight excluding hydrogens is 681 g/mol. The van der Waals surface area contributed by atoms with E-state index in [9.17, 15) is 0 Å². The minimum Gasteiger partial charge on any atom is -0.360 e. The van der Waals surface area contributed by atoms with Gasteiger partial charge in [0.25, 0.3) is 0 Å². The van der Waals surface area contributed by atoms with Gasteiger partial charge in [-0.05, 0) is 94.9 Å². The van der Waals surface area contributed by atoms with Crippen LogP contribution >= 0.6 is 0 Å². The molecule has 0 saturated heterocycles. The third-order valence-corrected chi connectivity index (χ3v) is 11.6. The molecule has 1 unspecified atom stereocenters. The first-order valence-electron chi connectivity index (χ1n) is 19.9. The molecule has 6 aromatic rings. The number of fused-ring (bicyclic) bond motifs is 8. The van der Waals surface area contributed by atoms with Crippen molar-refractivity contribution in [2.24, 2.45) is 0 Å². The number of aryl methyl sites for hydroxylation is 1. The summed E-state index contributed by atoms with van der Waals surface area (Å²) in [6, 6.07) is 23.4. The normalized spacial score (nSPS) is 16.7. The van der Waals surface area contributed by atoms with Crippen LogP contribution in [0.3, 0.4) is 0 Å². The molecule has 0 bridgehead atoms. The molecule has 0 radical (unpaired) electrons. The second-order valence-electron chi connectivity index (χ2n) is 14.9. The zero-order valence-corrected chi connectivity index (χ0v) is 32.9. The Labute approximate surface area is 331 Å². The second kappa shape index (κ2) is 15.5. The van der Waals surface area contributed by atoms with Crippen LogP contribution in [0.15, 0.2) is 148 Å². The fourth-order valence-corrected chi connectivity index (χ4v) is 9.17. The Bertz CT molecular complexity index is 2680. The molecule has 2 aromatic heterocycles. The van der Waals surface area contributed by atoms with Crippen molar-refractivity contribution in [3.8, 4) is 17.1 Å². The fourth-order valence-electron chi connectivity index (χ4n) is 9.17. The second-order valence-corrected chi connectivity index (χ2v) is 14.9. The van der Waals surface area contributed by atoms with Crippen molar-refractivity contribution in [2.45, 2.75) is 64.5 Å². The van der Waals surface area contributed by atoms with Crippen LogP contribution in [0.4, 0.5) is 5.69 Å². The van der Waals surface area contributed by atoms with E-state index in [4.69, 9.17) is 9.97 Å². The summed E-state index contributed by atoms with van der Waals surface area (Å²) in [4.78, 5) is 13.1. The first kappa shape index (κ1) is 36.7. The highest BCUT2D eigenvalue weighted by molar-refractivity contribution is 6.19. The van der Waals surface area contributed by atoms with Gasteiger partial charge in [-0.2, -0.15) is 0 Å². The van der Waals surface area contributed by atoms with Crippen molar-refractivity contribution in [2.75, 3.05) is 4.90 Å². The number of rotatable bonds is 13. The Hall–Kier alpha value is -6.26. The van der Waals surface area contributed by atoms with Gasteiger partial charge in [0.2, 0.25) is 5.95 Å². The summed E-state index contributed by atoms with van der Waals surface area (Å²) in [5.41, 5.74) is 11.4. The standard InChI is InChI=1S/C52H50N4/c1-8-13-15-24-34(6)55-48-31-21-20-27-38(48)44-32-42(37-26-17-19-29-40(37)51(44)55)43-33-49-50(39-28-18-16-25-36(39)43)41(22-10-3)47(12-5)56(49)52-53-45(23-11-4)35(7)46(54-52)30-14-9-2/h8-9,11-21,25-34,38,48H,1-2,4-5,10,22-24H2,3,6-7H3/b15-13-,30-14-/t34-,38-,48?/m0/s1. The maximum absolute atomic E-state index is 5.25. The number of allylic oxidation sites excluding steroid dienone is 7. The summed E-state index contributed by atoms with van der Waals surface area (Å²) in [7, 11) is 0. The zero-order chi connectivity index (χ0) is 38.9. The van der Waals surface area contributed by atoms with Gasteiger partial charge >= 0.3 is 0 Å². The van der Waals surface area contributed by atoms with Gasteiger partial charge in [-0.3, -0.25) is 4.57 Å². The highest BCUT2D eigenvalue weighted by Crippen LogP contribution is 2.52. The molecule has 0 N–H and O–H groups in total. The van der Waals surface area contributed by atoms with Gasteiger partial charge in [-0.1, -0.05) is 142 Å². The Kier molecular flexibility index (Phi) is 10.1. The summed E-state index contributed by atoms with van der Waals surface area (Å²) >= 11 is 0. The first-order chi connectivity index (χ1) is 27.4. The van der Waals surface area contributed by atoms with E-state index in [1.54, 1.807) is 6.08 Å². The Balaban J connectivity index is 1.47. The van der Waals surface area contributed by atoms with Crippen LogP contribution in [0, 0.1) is 6.92 Å². The van der Waals surface area contributed by atoms with Crippen LogP contribution in [0.25, 0.3) is 61.7 Å². The van der Waals surface area contributed by atoms with Crippen molar-refractivity contribution < 1.29 is 0 Å². The minimum atomic E-state index is 0.247. The largest absolute Gasteiger partial charge is 0.360 e. The number of aromatic nitrogens is 3. The highest BCUT2D eigenvalue weighted by Gasteiger charge is 2.40. The quantitative estimate of drug-likeness (QED) is 0.0876. The van der Waals surface area contributed by atoms with Gasteiger partial charge in [-0.25, -0.2) is 9.97 Å². The Morgan fingerprint density at radius 1 is 0.839 bits per heavy atom. The number of hydrogen-bond acceptors (Lipinski definition) is 3. The zero-order valence-electron chi connectivity index (χ0n) is 32.9. The van der Waals surface area contributed by atoms with Crippen LogP contribution in [0.2, 0.25) is 0 Å². The summed E-state index contributed by atoms with van der Waals surface area (Å²) in [6.07, 6.45) is 28.5. The maximum Gasteiger partial charge on any atom is 0.235 e. The molecule has 0 spiro atoms. The van der Waals surface area contributed by atoms with Gasteiger partial charge in [0.1, 0.15) is 0 Å². The molecule has 4 heteroatoms. The van der Waals surface area contributed by atoms with Gasteiger partial charge in [0, 0.05) is 34.8 Å². The molecule has 4 nitrogen and oxygen atoms in total. The number of benzene rings is 4. The van der Waals surface area contributed by atoms with E-state index >= 15 is 0 Å². The maximum atomic E-state index is 5.25. The molecule has 0 saturated carbocycles. The number of anilines is 1. The first-order valence-corrected chi connectivity index (χ1v) is 19.9. The minimum absolute atomic E-state index is 0.247. The van der Waals surface area contributed by atoms with Crippen LogP contribution in [-0.4, -0.2) is 26.6 Å². The summed E-state index contributed by atoms with van der Waals surface area (Å²) < 4.78 is 2.25. The molecule has 3 heterocycles. The molecule has 1 aliphatic carbocycles. The van der Waals surface area contributed by atoms with E-state index < -0.39 is 0 Å². The summed E-state index contributed by atoms with van der Waals surface area (Å²) in [5, 5.41) is 6.22. The topological polar surface area (TPSA) is 34.0 Å². The van der Waals surface area contributed by atoms with Crippen LogP contribution < -0.4 is 4.90 Å². The highest BCUT2D eigenvalue weighted by atomic mass is 15.2. The SMILES string of the molecule is C=C/C=C\C[C@H](C)N1c2c(cc(-c3cc4c(c(CCC)c(C=C)n4-c4nc(/C=C\C=C)c(C)c(CC=C)n4)c4ccccc34)c3ccccc23)[C@@H]2C=CC=CC21. The average Bonchev–Trinajstić information content (AvgIpc) is 3.73. The fraction of sp³-hybridized carbons (Fsp3) is 0.192. The van der Waals surface area contributed by atoms with Crippen LogP contribution in [0.5, 0.6) is 0 Å². The number of nitrogens with zero attached hydrogens (tertiary/aromatic N) is 4. The monoisotopic (exact) mass is 730 g/mol. The lowest BCUT2D eigenvalue weighted by molar-refractivity contribution is 0.584. The molecule has 4 aromatic carbocycles. The predicted octanol–water partition coefficient (Wildman–Crippen LogP) is 13.1. The molecule has 8 rings (SSSR count). The van der Waals surface area contributed by atoms with Crippen LogP contribution in [-0.2, 0) is 12.8 Å². The average molecular weight is 731 g/mol. The summed E-state index contributed by atoms with van der Waals surface area (Å²) in [5.74, 6) is 0.883. The molecule has 2 aliphatic rings. The van der Waals surface area contributed by atoms with Crippen molar-refractivity contribution in [3.05, 3.63) is 182 Å². The van der Waals surface area contributed by atoms with Crippen molar-refractivity contribution in [3.63, 3.8) is 0 Å². The van der Waals surface area contributed by atoms with E-state index in [0.717, 1.165) is 47.4 Å². The lowest BCUT2D eigenvalue weighted by atomic mass is 9.85. The molecule has 3 atom stereocenters. The van der Waals surface area contributed by atoms with E-state index in [1.807, 2.05) is 30.4 Å².